The number of fused-ring (bicyclic) bond motifs is 1. The van der Waals surface area contributed by atoms with Crippen molar-refractivity contribution in [3.8, 4) is 0 Å². The predicted molar refractivity (Wildman–Crippen MR) is 71.2 cm³/mol. The number of amides is 1. The molecule has 0 aromatic rings. The Morgan fingerprint density at radius 3 is 2.56 bits per heavy atom. The highest BCUT2D eigenvalue weighted by Crippen LogP contribution is 2.51. The van der Waals surface area contributed by atoms with Crippen LogP contribution in [0.3, 0.4) is 0 Å². The minimum Gasteiger partial charge on any atom is -0.444 e. The highest BCUT2D eigenvalue weighted by Gasteiger charge is 2.59. The topological polar surface area (TPSA) is 55.6 Å². The van der Waals surface area contributed by atoms with Gasteiger partial charge in [-0.25, -0.2) is 4.79 Å². The van der Waals surface area contributed by atoms with E-state index >= 15 is 0 Å². The normalized spacial score (nSPS) is 34.6. The van der Waals surface area contributed by atoms with Crippen LogP contribution in [0.1, 0.15) is 47.5 Å². The Balaban J connectivity index is 2.11. The molecule has 3 atom stereocenters. The van der Waals surface area contributed by atoms with Crippen molar-refractivity contribution in [2.24, 2.45) is 17.1 Å². The Bertz CT molecular complexity index is 346. The van der Waals surface area contributed by atoms with Crippen LogP contribution in [0.2, 0.25) is 0 Å². The van der Waals surface area contributed by atoms with E-state index in [1.807, 2.05) is 25.7 Å². The maximum atomic E-state index is 12.3. The van der Waals surface area contributed by atoms with Gasteiger partial charge in [0.05, 0.1) is 0 Å². The molecule has 1 aliphatic heterocycles. The molecule has 0 aromatic heterocycles. The molecule has 104 valence electrons. The number of hydrogen-bond donors (Lipinski definition) is 1. The van der Waals surface area contributed by atoms with Crippen molar-refractivity contribution in [3.63, 3.8) is 0 Å². The Morgan fingerprint density at radius 1 is 1.39 bits per heavy atom. The molecule has 4 heteroatoms. The van der Waals surface area contributed by atoms with Gasteiger partial charge < -0.3 is 15.4 Å². The lowest BCUT2D eigenvalue weighted by Gasteiger charge is -2.62. The first-order valence-electron chi connectivity index (χ1n) is 6.90. The number of likely N-dealkylation sites (tertiary alicyclic amines) is 1. The third-order valence-electron chi connectivity index (χ3n) is 4.39. The molecular formula is C14H26N2O2. The lowest BCUT2D eigenvalue weighted by atomic mass is 9.53. The summed E-state index contributed by atoms with van der Waals surface area (Å²) in [6.45, 7) is 10.8. The molecular weight excluding hydrogens is 228 g/mol. The fourth-order valence-corrected chi connectivity index (χ4v) is 3.51. The molecule has 4 nitrogen and oxygen atoms in total. The smallest absolute Gasteiger partial charge is 0.410 e. The summed E-state index contributed by atoms with van der Waals surface area (Å²) >= 11 is 0. The summed E-state index contributed by atoms with van der Waals surface area (Å²) in [5.74, 6) is 0.446. The number of carbonyl (C=O) groups is 1. The van der Waals surface area contributed by atoms with E-state index in [2.05, 4.69) is 13.8 Å². The van der Waals surface area contributed by atoms with Gasteiger partial charge in [-0.3, -0.25) is 0 Å². The molecule has 0 bridgehead atoms. The standard InChI is InChI=1S/C14H26N2O2/c1-13(2,3)18-12(17)16-8-6-7-9-10(15)14(4,5)11(9)16/h9-11H,6-8,15H2,1-5H3/t9-,10+,11+/m1/s1. The number of hydrogen-bond acceptors (Lipinski definition) is 3. The van der Waals surface area contributed by atoms with E-state index in [0.29, 0.717) is 5.92 Å². The highest BCUT2D eigenvalue weighted by molar-refractivity contribution is 5.69. The molecule has 0 unspecified atom stereocenters. The van der Waals surface area contributed by atoms with Crippen LogP contribution in [-0.2, 0) is 4.74 Å². The molecule has 1 amide bonds. The van der Waals surface area contributed by atoms with Gasteiger partial charge in [-0.1, -0.05) is 13.8 Å². The fraction of sp³-hybridized carbons (Fsp3) is 0.929. The van der Waals surface area contributed by atoms with Crippen molar-refractivity contribution in [1.82, 2.24) is 4.90 Å². The third kappa shape index (κ3) is 2.11. The van der Waals surface area contributed by atoms with Gasteiger partial charge in [-0.05, 0) is 39.5 Å². The zero-order valence-electron chi connectivity index (χ0n) is 12.2. The quantitative estimate of drug-likeness (QED) is 0.722. The molecule has 2 rings (SSSR count). The SMILES string of the molecule is CC(C)(C)OC(=O)N1CCC[C@H]2[C@H]1C(C)(C)[C@H]2N. The van der Waals surface area contributed by atoms with Crippen LogP contribution >= 0.6 is 0 Å². The molecule has 2 fully saturated rings. The summed E-state index contributed by atoms with van der Waals surface area (Å²) in [6, 6.07) is 0.448. The zero-order valence-corrected chi connectivity index (χ0v) is 12.2. The summed E-state index contributed by atoms with van der Waals surface area (Å²) in [4.78, 5) is 14.2. The van der Waals surface area contributed by atoms with E-state index in [4.69, 9.17) is 10.5 Å². The first-order valence-corrected chi connectivity index (χ1v) is 6.90. The molecule has 2 aliphatic rings. The fourth-order valence-electron chi connectivity index (χ4n) is 3.51. The molecule has 18 heavy (non-hydrogen) atoms. The number of piperidine rings is 1. The van der Waals surface area contributed by atoms with Gasteiger partial charge in [0.2, 0.25) is 0 Å². The predicted octanol–water partition coefficient (Wildman–Crippen LogP) is 2.37. The Labute approximate surface area is 110 Å². The summed E-state index contributed by atoms with van der Waals surface area (Å²) in [5, 5.41) is 0. The zero-order chi connectivity index (χ0) is 13.7. The van der Waals surface area contributed by atoms with E-state index in [1.165, 1.54) is 0 Å². The van der Waals surface area contributed by atoms with Crippen LogP contribution in [0.25, 0.3) is 0 Å². The Kier molecular flexibility index (Phi) is 3.13. The largest absolute Gasteiger partial charge is 0.444 e. The van der Waals surface area contributed by atoms with E-state index in [0.717, 1.165) is 19.4 Å². The summed E-state index contributed by atoms with van der Waals surface area (Å²) in [6.07, 6.45) is 1.98. The summed E-state index contributed by atoms with van der Waals surface area (Å²) in [7, 11) is 0. The first kappa shape index (κ1) is 13.7. The second-order valence-electron chi connectivity index (χ2n) is 7.27. The number of rotatable bonds is 0. The van der Waals surface area contributed by atoms with E-state index < -0.39 is 5.60 Å². The monoisotopic (exact) mass is 254 g/mol. The molecule has 0 spiro atoms. The van der Waals surface area contributed by atoms with Crippen molar-refractivity contribution >= 4 is 6.09 Å². The van der Waals surface area contributed by atoms with Crippen molar-refractivity contribution in [1.29, 1.82) is 0 Å². The Morgan fingerprint density at radius 2 is 2.00 bits per heavy atom. The second-order valence-corrected chi connectivity index (χ2v) is 7.27. The van der Waals surface area contributed by atoms with Gasteiger partial charge in [0.25, 0.3) is 0 Å². The number of nitrogens with two attached hydrogens (primary N) is 1. The van der Waals surface area contributed by atoms with Crippen molar-refractivity contribution < 1.29 is 9.53 Å². The van der Waals surface area contributed by atoms with Crippen molar-refractivity contribution in [3.05, 3.63) is 0 Å². The van der Waals surface area contributed by atoms with E-state index in [-0.39, 0.29) is 23.6 Å². The molecule has 1 saturated heterocycles. The van der Waals surface area contributed by atoms with Crippen LogP contribution in [0.15, 0.2) is 0 Å². The first-order chi connectivity index (χ1) is 8.14. The van der Waals surface area contributed by atoms with Gasteiger partial charge in [0.15, 0.2) is 0 Å². The van der Waals surface area contributed by atoms with Gasteiger partial charge in [-0.15, -0.1) is 0 Å². The van der Waals surface area contributed by atoms with Gasteiger partial charge >= 0.3 is 6.09 Å². The molecule has 1 heterocycles. The van der Waals surface area contributed by atoms with Crippen LogP contribution < -0.4 is 5.73 Å². The minimum absolute atomic E-state index is 0.00198. The average Bonchev–Trinajstić information content (AvgIpc) is 2.25. The van der Waals surface area contributed by atoms with Crippen LogP contribution in [0.5, 0.6) is 0 Å². The third-order valence-corrected chi connectivity index (χ3v) is 4.39. The second kappa shape index (κ2) is 4.12. The van der Waals surface area contributed by atoms with Crippen LogP contribution in [0.4, 0.5) is 4.79 Å². The molecule has 0 radical (unpaired) electrons. The van der Waals surface area contributed by atoms with Crippen molar-refractivity contribution in [2.75, 3.05) is 6.54 Å². The van der Waals surface area contributed by atoms with Crippen molar-refractivity contribution in [2.45, 2.75) is 65.1 Å². The lowest BCUT2D eigenvalue weighted by Crippen LogP contribution is -2.73. The van der Waals surface area contributed by atoms with Crippen LogP contribution in [0, 0.1) is 11.3 Å². The summed E-state index contributed by atoms with van der Waals surface area (Å²) < 4.78 is 5.50. The summed E-state index contributed by atoms with van der Waals surface area (Å²) in [5.41, 5.74) is 5.79. The molecule has 0 aromatic carbocycles. The average molecular weight is 254 g/mol. The van der Waals surface area contributed by atoms with Gasteiger partial charge in [-0.2, -0.15) is 0 Å². The highest BCUT2D eigenvalue weighted by atomic mass is 16.6. The van der Waals surface area contributed by atoms with E-state index in [1.54, 1.807) is 0 Å². The maximum Gasteiger partial charge on any atom is 0.410 e. The molecule has 1 aliphatic carbocycles. The van der Waals surface area contributed by atoms with E-state index in [9.17, 15) is 4.79 Å². The van der Waals surface area contributed by atoms with Gasteiger partial charge in [0, 0.05) is 24.0 Å². The Hall–Kier alpha value is -0.770. The molecule has 2 N–H and O–H groups in total. The number of carbonyl (C=O) groups excluding carboxylic acids is 1. The maximum absolute atomic E-state index is 12.3. The lowest BCUT2D eigenvalue weighted by molar-refractivity contribution is -0.107. The molecule has 1 saturated carbocycles. The number of nitrogens with zero attached hydrogens (tertiary/aromatic N) is 1. The van der Waals surface area contributed by atoms with Gasteiger partial charge in [0.1, 0.15) is 5.60 Å². The number of ether oxygens (including phenoxy) is 1. The minimum atomic E-state index is -0.431. The van der Waals surface area contributed by atoms with Crippen LogP contribution in [-0.4, -0.2) is 35.2 Å².